The predicted molar refractivity (Wildman–Crippen MR) is 190 cm³/mol. The highest BCUT2D eigenvalue weighted by molar-refractivity contribution is 5.86. The van der Waals surface area contributed by atoms with Crippen LogP contribution in [0.2, 0.25) is 0 Å². The van der Waals surface area contributed by atoms with Crippen molar-refractivity contribution < 1.29 is 28.7 Å². The smallest absolute Gasteiger partial charge is 0.328 e. The number of amides is 1. The maximum Gasteiger partial charge on any atom is 0.328 e. The Morgan fingerprint density at radius 1 is 0.630 bits per heavy atom. The molecule has 3 N–H and O–H groups in total. The van der Waals surface area contributed by atoms with E-state index in [1.807, 2.05) is 34.6 Å². The molecule has 0 aromatic rings. The summed E-state index contributed by atoms with van der Waals surface area (Å²) < 4.78 is 11.4. The molecule has 0 heterocycles. The number of esters is 2. The lowest BCUT2D eigenvalue weighted by atomic mass is 9.79. The zero-order valence-corrected chi connectivity index (χ0v) is 31.9. The van der Waals surface area contributed by atoms with Crippen LogP contribution in [0.4, 0.5) is 0 Å². The first-order valence-corrected chi connectivity index (χ1v) is 18.6. The van der Waals surface area contributed by atoms with Gasteiger partial charge in [-0.15, -0.1) is 0 Å². The van der Waals surface area contributed by atoms with Crippen LogP contribution in [0.15, 0.2) is 0 Å². The molecular formula is C38H74N2O6. The van der Waals surface area contributed by atoms with Gasteiger partial charge in [0.05, 0.1) is 0 Å². The third-order valence-corrected chi connectivity index (χ3v) is 7.42. The quantitative estimate of drug-likeness (QED) is 0.202. The molecule has 0 spiro atoms. The first kappa shape index (κ1) is 46.2. The van der Waals surface area contributed by atoms with Crippen LogP contribution in [0, 0.1) is 29.6 Å². The van der Waals surface area contributed by atoms with E-state index in [4.69, 9.17) is 15.2 Å². The maximum atomic E-state index is 13.0. The molecule has 2 aliphatic rings. The number of Topliss-reactive ketones (excluding diaryl/α,β-unsaturated/α-hetero) is 1. The number of hydrogen-bond acceptors (Lipinski definition) is 7. The molecule has 8 heteroatoms. The SMILES string of the molecule is CC(C)C.CCC.CCC.CCC(=O)C1CCC(C(=O)NC(CC(C)C)C(=O)OC2CCC(OC(=O)C(N)CC(C)C)CC2)CC1. The lowest BCUT2D eigenvalue weighted by Gasteiger charge is -2.31. The Labute approximate surface area is 283 Å². The molecule has 1 amide bonds. The van der Waals surface area contributed by atoms with Crippen LogP contribution in [0.3, 0.4) is 0 Å². The monoisotopic (exact) mass is 655 g/mol. The zero-order chi connectivity index (χ0) is 35.8. The van der Waals surface area contributed by atoms with Gasteiger partial charge in [-0.2, -0.15) is 0 Å². The van der Waals surface area contributed by atoms with Crippen molar-refractivity contribution in [3.63, 3.8) is 0 Å². The van der Waals surface area contributed by atoms with Crippen molar-refractivity contribution >= 4 is 23.6 Å². The van der Waals surface area contributed by atoms with E-state index in [1.165, 1.54) is 12.8 Å². The van der Waals surface area contributed by atoms with E-state index in [0.717, 1.165) is 18.8 Å². The summed E-state index contributed by atoms with van der Waals surface area (Å²) >= 11 is 0. The summed E-state index contributed by atoms with van der Waals surface area (Å²) in [5.74, 6) is 0.666. The number of nitrogens with one attached hydrogen (secondary N) is 1. The van der Waals surface area contributed by atoms with Crippen molar-refractivity contribution in [2.75, 3.05) is 0 Å². The number of carbonyl (C=O) groups is 4. The van der Waals surface area contributed by atoms with Crippen molar-refractivity contribution in [3.8, 4) is 0 Å². The van der Waals surface area contributed by atoms with Gasteiger partial charge in [-0.05, 0) is 82.0 Å². The Balaban J connectivity index is 0. The van der Waals surface area contributed by atoms with Crippen LogP contribution in [-0.2, 0) is 28.7 Å². The third kappa shape index (κ3) is 22.5. The van der Waals surface area contributed by atoms with Crippen LogP contribution < -0.4 is 11.1 Å². The molecule has 2 aliphatic carbocycles. The second-order valence-corrected chi connectivity index (χ2v) is 14.7. The Kier molecular flexibility index (Phi) is 27.1. The van der Waals surface area contributed by atoms with Gasteiger partial charge in [0.1, 0.15) is 30.1 Å². The molecule has 2 fully saturated rings. The number of hydrogen-bond donors (Lipinski definition) is 2. The first-order valence-electron chi connectivity index (χ1n) is 18.6. The minimum atomic E-state index is -0.683. The highest BCUT2D eigenvalue weighted by Gasteiger charge is 2.34. The molecule has 0 radical (unpaired) electrons. The Morgan fingerprint density at radius 3 is 1.37 bits per heavy atom. The molecule has 8 nitrogen and oxygen atoms in total. The van der Waals surface area contributed by atoms with Crippen LogP contribution in [-0.4, -0.2) is 47.9 Å². The van der Waals surface area contributed by atoms with Crippen LogP contribution in [0.5, 0.6) is 0 Å². The van der Waals surface area contributed by atoms with Gasteiger partial charge in [0.15, 0.2) is 0 Å². The van der Waals surface area contributed by atoms with Crippen molar-refractivity contribution in [2.24, 2.45) is 35.3 Å². The maximum absolute atomic E-state index is 13.0. The highest BCUT2D eigenvalue weighted by atomic mass is 16.6. The molecule has 2 rings (SSSR count). The van der Waals surface area contributed by atoms with Crippen LogP contribution >= 0.6 is 0 Å². The molecule has 0 aliphatic heterocycles. The van der Waals surface area contributed by atoms with Crippen molar-refractivity contribution in [2.45, 2.75) is 191 Å². The van der Waals surface area contributed by atoms with Gasteiger partial charge in [0.2, 0.25) is 5.91 Å². The number of nitrogens with two attached hydrogens (primary N) is 1. The van der Waals surface area contributed by atoms with E-state index in [0.29, 0.717) is 63.7 Å². The molecule has 2 saturated carbocycles. The van der Waals surface area contributed by atoms with Crippen LogP contribution in [0.1, 0.15) is 167 Å². The molecule has 272 valence electrons. The van der Waals surface area contributed by atoms with Gasteiger partial charge in [0.25, 0.3) is 0 Å². The minimum Gasteiger partial charge on any atom is -0.461 e. The molecule has 46 heavy (non-hydrogen) atoms. The summed E-state index contributed by atoms with van der Waals surface area (Å²) in [7, 11) is 0. The molecular weight excluding hydrogens is 580 g/mol. The van der Waals surface area contributed by atoms with E-state index in [2.05, 4.69) is 53.8 Å². The van der Waals surface area contributed by atoms with Gasteiger partial charge in [-0.1, -0.05) is 95.9 Å². The summed E-state index contributed by atoms with van der Waals surface area (Å²) in [6.45, 7) is 24.9. The Bertz CT molecular complexity index is 807. The molecule has 0 bridgehead atoms. The first-order chi connectivity index (χ1) is 21.6. The lowest BCUT2D eigenvalue weighted by molar-refractivity contribution is -0.161. The summed E-state index contributed by atoms with van der Waals surface area (Å²) in [5, 5.41) is 2.95. The third-order valence-electron chi connectivity index (χ3n) is 7.42. The summed E-state index contributed by atoms with van der Waals surface area (Å²) in [5.41, 5.74) is 5.93. The zero-order valence-electron chi connectivity index (χ0n) is 31.9. The van der Waals surface area contributed by atoms with E-state index in [1.54, 1.807) is 0 Å². The van der Waals surface area contributed by atoms with E-state index in [-0.39, 0.29) is 47.6 Å². The second kappa shape index (κ2) is 27.0. The molecule has 0 aromatic heterocycles. The van der Waals surface area contributed by atoms with Crippen molar-refractivity contribution in [1.82, 2.24) is 5.32 Å². The van der Waals surface area contributed by atoms with E-state index < -0.39 is 18.1 Å². The summed E-state index contributed by atoms with van der Waals surface area (Å²) in [6.07, 6.45) is 8.98. The van der Waals surface area contributed by atoms with Gasteiger partial charge >= 0.3 is 11.9 Å². The predicted octanol–water partition coefficient (Wildman–Crippen LogP) is 8.57. The molecule has 2 atom stereocenters. The lowest BCUT2D eigenvalue weighted by Crippen LogP contribution is -2.47. The molecule has 0 saturated heterocycles. The van der Waals surface area contributed by atoms with Crippen molar-refractivity contribution in [3.05, 3.63) is 0 Å². The highest BCUT2D eigenvalue weighted by Crippen LogP contribution is 2.30. The van der Waals surface area contributed by atoms with Crippen LogP contribution in [0.25, 0.3) is 0 Å². The number of ketones is 1. The molecule has 0 aromatic carbocycles. The standard InChI is InChI=1S/C28H48N2O6.C4H10.2C3H8/c1-6-25(31)19-7-9-20(10-8-19)26(32)30-24(16-18(4)5)28(34)36-22-13-11-21(12-14-22)35-27(33)23(29)15-17(2)3;1-4(2)3;2*1-3-2/h17-24H,6-16,29H2,1-5H3,(H,30,32);4H,1-3H3;2*3H2,1-2H3. The topological polar surface area (TPSA) is 125 Å². The summed E-state index contributed by atoms with van der Waals surface area (Å²) in [6, 6.07) is -1.29. The minimum absolute atomic E-state index is 0.0656. The van der Waals surface area contributed by atoms with E-state index in [9.17, 15) is 19.2 Å². The Morgan fingerprint density at radius 2 is 1.00 bits per heavy atom. The Hall–Kier alpha value is -1.96. The summed E-state index contributed by atoms with van der Waals surface area (Å²) in [4.78, 5) is 50.1. The van der Waals surface area contributed by atoms with E-state index >= 15 is 0 Å². The largest absolute Gasteiger partial charge is 0.461 e. The van der Waals surface area contributed by atoms with Gasteiger partial charge in [-0.3, -0.25) is 14.4 Å². The fourth-order valence-electron chi connectivity index (χ4n) is 5.31. The number of ether oxygens (including phenoxy) is 2. The fraction of sp³-hybridized carbons (Fsp3) is 0.895. The second-order valence-electron chi connectivity index (χ2n) is 14.7. The van der Waals surface area contributed by atoms with Gasteiger partial charge in [-0.25, -0.2) is 4.79 Å². The average Bonchev–Trinajstić information content (AvgIpc) is 2.97. The van der Waals surface area contributed by atoms with Gasteiger partial charge < -0.3 is 20.5 Å². The molecule has 2 unspecified atom stereocenters. The fourth-order valence-corrected chi connectivity index (χ4v) is 5.31. The average molecular weight is 655 g/mol. The number of carbonyl (C=O) groups excluding carboxylic acids is 4. The normalized spacial score (nSPS) is 22.1. The van der Waals surface area contributed by atoms with Gasteiger partial charge in [0, 0.05) is 18.3 Å². The number of rotatable bonds is 12. The van der Waals surface area contributed by atoms with Crippen molar-refractivity contribution in [1.29, 1.82) is 0 Å².